The minimum Gasteiger partial charge on any atom is -0.444 e. The fraction of sp³-hybridized carbons (Fsp3) is 0.290. The number of alkyl carbamates (subject to hydrolysis) is 1. The van der Waals surface area contributed by atoms with Crippen LogP contribution in [0, 0.1) is 6.92 Å². The quantitative estimate of drug-likeness (QED) is 0.177. The number of nitrogens with one attached hydrogen (secondary N) is 4. The molecule has 0 aliphatic carbocycles. The summed E-state index contributed by atoms with van der Waals surface area (Å²) >= 11 is 0. The van der Waals surface area contributed by atoms with Crippen LogP contribution in [0.5, 0.6) is 0 Å². The second kappa shape index (κ2) is 14.7. The predicted molar refractivity (Wildman–Crippen MR) is 171 cm³/mol. The third-order valence-electron chi connectivity index (χ3n) is 6.13. The molecule has 15 heteroatoms. The Morgan fingerprint density at radius 3 is 1.87 bits per heavy atom. The summed E-state index contributed by atoms with van der Waals surface area (Å²) < 4.78 is 6.73. The van der Waals surface area contributed by atoms with E-state index in [0.717, 1.165) is 4.57 Å². The molecule has 0 unspecified atom stereocenters. The maximum atomic E-state index is 13.6. The van der Waals surface area contributed by atoms with Gasteiger partial charge in [0.25, 0.3) is 17.4 Å². The molecule has 4 N–H and O–H groups in total. The van der Waals surface area contributed by atoms with Crippen molar-refractivity contribution in [1.82, 2.24) is 34.7 Å². The van der Waals surface area contributed by atoms with Crippen LogP contribution in [0.15, 0.2) is 76.4 Å². The fourth-order valence-electron chi connectivity index (χ4n) is 4.03. The Hall–Kier alpha value is -5.86. The van der Waals surface area contributed by atoms with Gasteiger partial charge >= 0.3 is 11.8 Å². The minimum atomic E-state index is -0.978. The highest BCUT2D eigenvalue weighted by molar-refractivity contribution is 5.95. The standard InChI is InChI=1S/C31H35N9O6/c1-20-19-39(30(45)40(24(20)42)25(43)22-13-9-6-10-14-22)28-37-26(33-16-15-32-23(41)21-11-7-5-8-12-21)36-27(38-28)34-17-18-35-29(44)46-31(2,3)4/h5-14,19H,15-18H2,1-4H3,(H,32,41)(H,35,44)(H2,33,34,36,37,38). The number of carbonyl (C=O) groups excluding carboxylic acids is 3. The Kier molecular flexibility index (Phi) is 10.6. The van der Waals surface area contributed by atoms with Crippen molar-refractivity contribution in [2.24, 2.45) is 0 Å². The van der Waals surface area contributed by atoms with Crippen molar-refractivity contribution >= 4 is 29.8 Å². The molecule has 0 fully saturated rings. The van der Waals surface area contributed by atoms with Gasteiger partial charge in [0, 0.05) is 49.1 Å². The monoisotopic (exact) mass is 629 g/mol. The van der Waals surface area contributed by atoms with E-state index >= 15 is 0 Å². The molecule has 0 aliphatic rings. The molecule has 2 aromatic heterocycles. The van der Waals surface area contributed by atoms with Crippen molar-refractivity contribution in [3.05, 3.63) is 104 Å². The van der Waals surface area contributed by atoms with Gasteiger partial charge < -0.3 is 26.0 Å². The molecule has 4 rings (SSSR count). The van der Waals surface area contributed by atoms with Crippen LogP contribution in [-0.4, -0.2) is 73.8 Å². The van der Waals surface area contributed by atoms with E-state index in [9.17, 15) is 24.0 Å². The number of aromatic nitrogens is 5. The highest BCUT2D eigenvalue weighted by atomic mass is 16.6. The summed E-state index contributed by atoms with van der Waals surface area (Å²) in [4.78, 5) is 77.1. The number of hydrogen-bond donors (Lipinski definition) is 4. The van der Waals surface area contributed by atoms with Crippen molar-refractivity contribution in [3.8, 4) is 5.95 Å². The van der Waals surface area contributed by atoms with Gasteiger partial charge in [-0.15, -0.1) is 0 Å². The van der Waals surface area contributed by atoms with E-state index in [0.29, 0.717) is 10.1 Å². The van der Waals surface area contributed by atoms with Gasteiger partial charge in [-0.3, -0.25) is 14.4 Å². The smallest absolute Gasteiger partial charge is 0.407 e. The first kappa shape index (κ1) is 33.0. The summed E-state index contributed by atoms with van der Waals surface area (Å²) in [5.41, 5.74) is -1.66. The van der Waals surface area contributed by atoms with Crippen molar-refractivity contribution in [2.45, 2.75) is 33.3 Å². The summed E-state index contributed by atoms with van der Waals surface area (Å²) in [6.45, 7) is 7.46. The van der Waals surface area contributed by atoms with Crippen LogP contribution in [-0.2, 0) is 4.74 Å². The van der Waals surface area contributed by atoms with Gasteiger partial charge in [0.15, 0.2) is 0 Å². The number of hydrogen-bond acceptors (Lipinski definition) is 11. The Morgan fingerprint density at radius 1 is 0.761 bits per heavy atom. The third kappa shape index (κ3) is 8.84. The van der Waals surface area contributed by atoms with Crippen LogP contribution < -0.4 is 32.5 Å². The SMILES string of the molecule is Cc1cn(-c2nc(NCCNC(=O)OC(C)(C)C)nc(NCCNC(=O)c3ccccc3)n2)c(=O)n(C(=O)c2ccccc2)c1=O. The van der Waals surface area contributed by atoms with Crippen molar-refractivity contribution < 1.29 is 19.1 Å². The van der Waals surface area contributed by atoms with E-state index < -0.39 is 28.9 Å². The molecule has 2 amide bonds. The zero-order valence-electron chi connectivity index (χ0n) is 25.9. The Balaban J connectivity index is 1.59. The third-order valence-corrected chi connectivity index (χ3v) is 6.13. The van der Waals surface area contributed by atoms with E-state index in [1.165, 1.54) is 25.3 Å². The summed E-state index contributed by atoms with van der Waals surface area (Å²) in [6, 6.07) is 16.7. The molecule has 15 nitrogen and oxygen atoms in total. The number of carbonyl (C=O) groups is 3. The van der Waals surface area contributed by atoms with E-state index in [1.807, 2.05) is 6.07 Å². The largest absolute Gasteiger partial charge is 0.444 e. The lowest BCUT2D eigenvalue weighted by molar-refractivity contribution is 0.0529. The van der Waals surface area contributed by atoms with E-state index in [2.05, 4.69) is 36.2 Å². The first-order valence-electron chi connectivity index (χ1n) is 14.4. The van der Waals surface area contributed by atoms with Crippen molar-refractivity contribution in [2.75, 3.05) is 36.8 Å². The van der Waals surface area contributed by atoms with Crippen LogP contribution in [0.2, 0.25) is 0 Å². The maximum absolute atomic E-state index is 13.6. The second-order valence-corrected chi connectivity index (χ2v) is 11.0. The van der Waals surface area contributed by atoms with E-state index in [1.54, 1.807) is 63.2 Å². The number of anilines is 2. The molecule has 46 heavy (non-hydrogen) atoms. The first-order valence-corrected chi connectivity index (χ1v) is 14.4. The zero-order valence-corrected chi connectivity index (χ0v) is 25.9. The van der Waals surface area contributed by atoms with Crippen molar-refractivity contribution in [1.29, 1.82) is 0 Å². The van der Waals surface area contributed by atoms with Gasteiger partial charge in [-0.2, -0.15) is 19.5 Å². The lowest BCUT2D eigenvalue weighted by atomic mass is 10.2. The van der Waals surface area contributed by atoms with Crippen LogP contribution in [0.3, 0.4) is 0 Å². The van der Waals surface area contributed by atoms with Gasteiger partial charge in [0.2, 0.25) is 17.8 Å². The lowest BCUT2D eigenvalue weighted by Crippen LogP contribution is -2.44. The molecular weight excluding hydrogens is 594 g/mol. The average Bonchev–Trinajstić information content (AvgIpc) is 3.03. The Morgan fingerprint density at radius 2 is 1.30 bits per heavy atom. The topological polar surface area (TPSA) is 191 Å². The van der Waals surface area contributed by atoms with Gasteiger partial charge in [-0.05, 0) is 52.0 Å². The highest BCUT2D eigenvalue weighted by Crippen LogP contribution is 2.10. The number of nitrogens with zero attached hydrogens (tertiary/aromatic N) is 5. The molecule has 0 radical (unpaired) electrons. The van der Waals surface area contributed by atoms with Gasteiger partial charge in [0.05, 0.1) is 0 Å². The Labute approximate surface area is 264 Å². The van der Waals surface area contributed by atoms with Crippen molar-refractivity contribution in [3.63, 3.8) is 0 Å². The second-order valence-electron chi connectivity index (χ2n) is 11.0. The number of aryl methyl sites for hydroxylation is 1. The summed E-state index contributed by atoms with van der Waals surface area (Å²) in [5.74, 6) is -1.18. The molecule has 0 saturated heterocycles. The molecule has 0 aliphatic heterocycles. The minimum absolute atomic E-state index is 0.0310. The average molecular weight is 630 g/mol. The number of ether oxygens (including phenoxy) is 1. The summed E-state index contributed by atoms with van der Waals surface area (Å²) in [7, 11) is 0. The van der Waals surface area contributed by atoms with Crippen LogP contribution in [0.1, 0.15) is 47.1 Å². The van der Waals surface area contributed by atoms with Crippen LogP contribution in [0.4, 0.5) is 16.7 Å². The number of rotatable bonds is 11. The normalized spacial score (nSPS) is 11.0. The maximum Gasteiger partial charge on any atom is 0.407 e. The zero-order chi connectivity index (χ0) is 33.3. The highest BCUT2D eigenvalue weighted by Gasteiger charge is 2.20. The molecule has 0 bridgehead atoms. The fourth-order valence-corrected chi connectivity index (χ4v) is 4.03. The first-order chi connectivity index (χ1) is 21.9. The van der Waals surface area contributed by atoms with Gasteiger partial charge in [-0.25, -0.2) is 14.2 Å². The molecule has 240 valence electrons. The molecule has 0 saturated carbocycles. The molecule has 2 heterocycles. The molecular formula is C31H35N9O6. The molecule has 2 aromatic carbocycles. The summed E-state index contributed by atoms with van der Waals surface area (Å²) in [5, 5.41) is 11.3. The molecule has 0 spiro atoms. The molecule has 4 aromatic rings. The van der Waals surface area contributed by atoms with Gasteiger partial charge in [-0.1, -0.05) is 36.4 Å². The predicted octanol–water partition coefficient (Wildman–Crippen LogP) is 1.96. The van der Waals surface area contributed by atoms with Gasteiger partial charge in [0.1, 0.15) is 5.60 Å². The van der Waals surface area contributed by atoms with Crippen LogP contribution in [0.25, 0.3) is 5.95 Å². The van der Waals surface area contributed by atoms with E-state index in [4.69, 9.17) is 4.74 Å². The lowest BCUT2D eigenvalue weighted by Gasteiger charge is -2.19. The Bertz CT molecular complexity index is 1820. The van der Waals surface area contributed by atoms with Crippen LogP contribution >= 0.6 is 0 Å². The summed E-state index contributed by atoms with van der Waals surface area (Å²) in [6.07, 6.45) is 0.643. The van der Waals surface area contributed by atoms with E-state index in [-0.39, 0.29) is 61.1 Å². The molecule has 0 atom stereocenters. The number of amides is 2. The number of benzene rings is 2.